The normalized spacial score (nSPS) is 19.7. The van der Waals surface area contributed by atoms with Crippen molar-refractivity contribution >= 4 is 17.6 Å². The Morgan fingerprint density at radius 2 is 1.88 bits per heavy atom. The van der Waals surface area contributed by atoms with Crippen molar-refractivity contribution in [1.82, 2.24) is 9.80 Å². The molecule has 3 amide bonds. The van der Waals surface area contributed by atoms with Crippen molar-refractivity contribution in [2.24, 2.45) is 0 Å². The van der Waals surface area contributed by atoms with E-state index in [0.717, 1.165) is 18.8 Å². The number of nitrogens with one attached hydrogen (secondary N) is 1. The fraction of sp³-hybridized carbons (Fsp3) is 0.500. The highest BCUT2D eigenvalue weighted by atomic mass is 16.5. The summed E-state index contributed by atoms with van der Waals surface area (Å²) in [5, 5.41) is 11.4. The number of hydrogen-bond donors (Lipinski definition) is 1. The van der Waals surface area contributed by atoms with Crippen molar-refractivity contribution in [3.05, 3.63) is 24.3 Å². The van der Waals surface area contributed by atoms with Crippen LogP contribution in [-0.4, -0.2) is 67.2 Å². The molecule has 1 atom stereocenters. The molecule has 0 aliphatic carbocycles. The third-order valence-corrected chi connectivity index (χ3v) is 4.45. The molecule has 26 heavy (non-hydrogen) atoms. The summed E-state index contributed by atoms with van der Waals surface area (Å²) < 4.78 is 11.1. The number of piperazine rings is 1. The number of hydrogen-bond acceptors (Lipinski definition) is 5. The lowest BCUT2D eigenvalue weighted by molar-refractivity contribution is -0.131. The highest BCUT2D eigenvalue weighted by Crippen LogP contribution is 2.20. The summed E-state index contributed by atoms with van der Waals surface area (Å²) in [5.74, 6) is 0.568. The van der Waals surface area contributed by atoms with Crippen LogP contribution >= 0.6 is 0 Å². The summed E-state index contributed by atoms with van der Waals surface area (Å²) in [5.41, 5.74) is 0.688. The van der Waals surface area contributed by atoms with E-state index in [4.69, 9.17) is 14.7 Å². The van der Waals surface area contributed by atoms with E-state index >= 15 is 0 Å². The van der Waals surface area contributed by atoms with Crippen LogP contribution in [0.2, 0.25) is 0 Å². The SMILES string of the molecule is N#CCC(=O)N1CCN(C(=O)Nc2ccc(OC3CCOC3)cc2)CC1. The van der Waals surface area contributed by atoms with E-state index in [0.29, 0.717) is 38.5 Å². The lowest BCUT2D eigenvalue weighted by atomic mass is 10.2. The molecule has 1 N–H and O–H groups in total. The smallest absolute Gasteiger partial charge is 0.321 e. The number of carbonyl (C=O) groups excluding carboxylic acids is 2. The minimum absolute atomic E-state index is 0.0930. The Balaban J connectivity index is 1.46. The van der Waals surface area contributed by atoms with Gasteiger partial charge in [0.15, 0.2) is 0 Å². The first-order chi connectivity index (χ1) is 12.7. The molecule has 2 aliphatic rings. The average Bonchev–Trinajstić information content (AvgIpc) is 3.17. The highest BCUT2D eigenvalue weighted by Gasteiger charge is 2.24. The number of rotatable bonds is 4. The van der Waals surface area contributed by atoms with Crippen molar-refractivity contribution < 1.29 is 19.1 Å². The van der Waals surface area contributed by atoms with Crippen LogP contribution in [0.1, 0.15) is 12.8 Å². The van der Waals surface area contributed by atoms with Gasteiger partial charge < -0.3 is 24.6 Å². The maximum Gasteiger partial charge on any atom is 0.321 e. The van der Waals surface area contributed by atoms with Gasteiger partial charge in [-0.05, 0) is 24.3 Å². The lowest BCUT2D eigenvalue weighted by Gasteiger charge is -2.34. The Bertz CT molecular complexity index is 671. The van der Waals surface area contributed by atoms with E-state index in [9.17, 15) is 9.59 Å². The van der Waals surface area contributed by atoms with Crippen molar-refractivity contribution in [2.75, 3.05) is 44.7 Å². The van der Waals surface area contributed by atoms with Crippen LogP contribution in [0, 0.1) is 11.3 Å². The summed E-state index contributed by atoms with van der Waals surface area (Å²) >= 11 is 0. The number of benzene rings is 1. The number of urea groups is 1. The van der Waals surface area contributed by atoms with Crippen molar-refractivity contribution in [3.8, 4) is 11.8 Å². The van der Waals surface area contributed by atoms with Gasteiger partial charge in [0, 0.05) is 38.3 Å². The van der Waals surface area contributed by atoms with Crippen molar-refractivity contribution in [2.45, 2.75) is 18.9 Å². The predicted molar refractivity (Wildman–Crippen MR) is 93.7 cm³/mol. The van der Waals surface area contributed by atoms with Gasteiger partial charge in [-0.1, -0.05) is 0 Å². The first-order valence-electron chi connectivity index (χ1n) is 8.71. The standard InChI is InChI=1S/C18H22N4O4/c19-7-5-17(23)21-8-10-22(11-9-21)18(24)20-14-1-3-15(4-2-14)26-16-6-12-25-13-16/h1-4,16H,5-6,8-13H2,(H,20,24). The van der Waals surface area contributed by atoms with Gasteiger partial charge in [0.05, 0.1) is 19.3 Å². The van der Waals surface area contributed by atoms with Gasteiger partial charge in [0.2, 0.25) is 5.91 Å². The van der Waals surface area contributed by atoms with Crippen LogP contribution in [0.5, 0.6) is 5.75 Å². The Hall–Kier alpha value is -2.79. The number of nitrogens with zero attached hydrogens (tertiary/aromatic N) is 3. The monoisotopic (exact) mass is 358 g/mol. The summed E-state index contributed by atoms with van der Waals surface area (Å²) in [6.45, 7) is 3.14. The lowest BCUT2D eigenvalue weighted by Crippen LogP contribution is -2.51. The van der Waals surface area contributed by atoms with E-state index < -0.39 is 0 Å². The van der Waals surface area contributed by atoms with Gasteiger partial charge >= 0.3 is 6.03 Å². The maximum atomic E-state index is 12.3. The minimum Gasteiger partial charge on any atom is -0.488 e. The van der Waals surface area contributed by atoms with Crippen LogP contribution < -0.4 is 10.1 Å². The summed E-state index contributed by atoms with van der Waals surface area (Å²) in [6.07, 6.45) is 0.866. The third-order valence-electron chi connectivity index (χ3n) is 4.45. The van der Waals surface area contributed by atoms with E-state index in [2.05, 4.69) is 5.32 Å². The molecule has 3 rings (SSSR count). The first kappa shape index (κ1) is 18.0. The quantitative estimate of drug-likeness (QED) is 0.879. The fourth-order valence-electron chi connectivity index (χ4n) is 2.96. The molecule has 0 spiro atoms. The molecule has 0 bridgehead atoms. The van der Waals surface area contributed by atoms with Gasteiger partial charge in [0.25, 0.3) is 0 Å². The number of amides is 3. The van der Waals surface area contributed by atoms with Crippen molar-refractivity contribution in [1.29, 1.82) is 5.26 Å². The van der Waals surface area contributed by atoms with Gasteiger partial charge in [-0.3, -0.25) is 4.79 Å². The molecule has 8 heteroatoms. The van der Waals surface area contributed by atoms with Crippen LogP contribution in [0.3, 0.4) is 0 Å². The predicted octanol–water partition coefficient (Wildman–Crippen LogP) is 1.44. The number of ether oxygens (including phenoxy) is 2. The first-order valence-corrected chi connectivity index (χ1v) is 8.71. The fourth-order valence-corrected chi connectivity index (χ4v) is 2.96. The van der Waals surface area contributed by atoms with Crippen LogP contribution in [-0.2, 0) is 9.53 Å². The summed E-state index contributed by atoms with van der Waals surface area (Å²) in [4.78, 5) is 27.3. The third kappa shape index (κ3) is 4.64. The Labute approximate surface area is 152 Å². The molecule has 1 aromatic carbocycles. The molecular weight excluding hydrogens is 336 g/mol. The molecule has 2 aliphatic heterocycles. The van der Waals surface area contributed by atoms with E-state index in [1.165, 1.54) is 0 Å². The molecule has 1 unspecified atom stereocenters. The summed E-state index contributed by atoms with van der Waals surface area (Å²) in [6, 6.07) is 8.91. The number of anilines is 1. The topological polar surface area (TPSA) is 94.9 Å². The zero-order chi connectivity index (χ0) is 18.4. The Morgan fingerprint density at radius 1 is 1.19 bits per heavy atom. The largest absolute Gasteiger partial charge is 0.488 e. The van der Waals surface area contributed by atoms with Crippen LogP contribution in [0.4, 0.5) is 10.5 Å². The van der Waals surface area contributed by atoms with E-state index in [-0.39, 0.29) is 24.5 Å². The zero-order valence-corrected chi connectivity index (χ0v) is 14.5. The maximum absolute atomic E-state index is 12.3. The van der Waals surface area contributed by atoms with Crippen LogP contribution in [0.25, 0.3) is 0 Å². The van der Waals surface area contributed by atoms with Gasteiger partial charge in [-0.25, -0.2) is 4.79 Å². The molecule has 1 aromatic rings. The molecular formula is C18H22N4O4. The van der Waals surface area contributed by atoms with E-state index in [1.54, 1.807) is 21.9 Å². The molecule has 0 saturated carbocycles. The van der Waals surface area contributed by atoms with Gasteiger partial charge in [-0.2, -0.15) is 5.26 Å². The molecule has 2 fully saturated rings. The van der Waals surface area contributed by atoms with Gasteiger partial charge in [0.1, 0.15) is 18.3 Å². The number of nitriles is 1. The summed E-state index contributed by atoms with van der Waals surface area (Å²) in [7, 11) is 0. The Morgan fingerprint density at radius 3 is 2.50 bits per heavy atom. The second-order valence-electron chi connectivity index (χ2n) is 6.26. The van der Waals surface area contributed by atoms with Crippen LogP contribution in [0.15, 0.2) is 24.3 Å². The highest BCUT2D eigenvalue weighted by molar-refractivity contribution is 5.89. The number of carbonyl (C=O) groups is 2. The van der Waals surface area contributed by atoms with E-state index in [1.807, 2.05) is 18.2 Å². The molecule has 2 saturated heterocycles. The second-order valence-corrected chi connectivity index (χ2v) is 6.26. The van der Waals surface area contributed by atoms with Gasteiger partial charge in [-0.15, -0.1) is 0 Å². The minimum atomic E-state index is -0.199. The van der Waals surface area contributed by atoms with Crippen molar-refractivity contribution in [3.63, 3.8) is 0 Å². The molecule has 2 heterocycles. The Kier molecular flexibility index (Phi) is 5.92. The molecule has 8 nitrogen and oxygen atoms in total. The average molecular weight is 358 g/mol. The molecule has 0 aromatic heterocycles. The second kappa shape index (κ2) is 8.54. The molecule has 138 valence electrons. The molecule has 0 radical (unpaired) electrons. The zero-order valence-electron chi connectivity index (χ0n) is 14.5.